The molecule has 0 saturated carbocycles. The molecular weight excluding hydrogens is 312 g/mol. The monoisotopic (exact) mass is 338 g/mol. The molecule has 1 aromatic rings. The molecule has 2 aliphatic rings. The van der Waals surface area contributed by atoms with E-state index in [4.69, 9.17) is 4.74 Å². The van der Waals surface area contributed by atoms with E-state index in [0.717, 1.165) is 24.2 Å². The summed E-state index contributed by atoms with van der Waals surface area (Å²) in [5, 5.41) is 0. The first-order valence-corrected chi connectivity index (χ1v) is 9.83. The predicted molar refractivity (Wildman–Crippen MR) is 90.6 cm³/mol. The van der Waals surface area contributed by atoms with Crippen LogP contribution in [0.1, 0.15) is 25.8 Å². The van der Waals surface area contributed by atoms with Gasteiger partial charge in [0.1, 0.15) is 5.75 Å². The molecular formula is C17H26N2O3S. The lowest BCUT2D eigenvalue weighted by atomic mass is 9.94. The number of hydrogen-bond acceptors (Lipinski definition) is 3. The second-order valence-corrected chi connectivity index (χ2v) is 8.86. The Hall–Kier alpha value is -1.11. The fourth-order valence-electron chi connectivity index (χ4n) is 3.64. The first kappa shape index (κ1) is 16.7. The van der Waals surface area contributed by atoms with Crippen LogP contribution in [0.4, 0.5) is 0 Å². The third-order valence-corrected chi connectivity index (χ3v) is 6.19. The van der Waals surface area contributed by atoms with Crippen LogP contribution in [0.15, 0.2) is 24.3 Å². The van der Waals surface area contributed by atoms with E-state index in [9.17, 15) is 8.42 Å². The van der Waals surface area contributed by atoms with Crippen LogP contribution in [-0.4, -0.2) is 39.0 Å². The molecule has 23 heavy (non-hydrogen) atoms. The molecule has 1 aromatic carbocycles. The molecule has 5 nitrogen and oxygen atoms in total. The van der Waals surface area contributed by atoms with E-state index in [-0.39, 0.29) is 5.92 Å². The Balaban J connectivity index is 1.58. The smallest absolute Gasteiger partial charge is 0.279 e. The van der Waals surface area contributed by atoms with Crippen molar-refractivity contribution in [2.45, 2.75) is 26.7 Å². The highest BCUT2D eigenvalue weighted by Crippen LogP contribution is 2.27. The molecule has 0 aliphatic carbocycles. The molecule has 0 aromatic heterocycles. The zero-order valence-corrected chi connectivity index (χ0v) is 14.7. The lowest BCUT2D eigenvalue weighted by molar-refractivity contribution is 0.212. The van der Waals surface area contributed by atoms with Crippen LogP contribution in [0.2, 0.25) is 0 Å². The van der Waals surface area contributed by atoms with Crippen molar-refractivity contribution in [3.8, 4) is 5.75 Å². The minimum atomic E-state index is -3.40. The first-order valence-electron chi connectivity index (χ1n) is 8.39. The maximum absolute atomic E-state index is 12.5. The minimum absolute atomic E-state index is 0.180. The molecule has 0 bridgehead atoms. The lowest BCUT2D eigenvalue weighted by Crippen LogP contribution is -2.49. The maximum Gasteiger partial charge on any atom is 0.279 e. The molecule has 0 amide bonds. The molecule has 3 unspecified atom stereocenters. The third kappa shape index (κ3) is 4.05. The Morgan fingerprint density at radius 2 is 1.91 bits per heavy atom. The van der Waals surface area contributed by atoms with Gasteiger partial charge in [-0.3, -0.25) is 0 Å². The summed E-state index contributed by atoms with van der Waals surface area (Å²) in [7, 11) is -3.40. The van der Waals surface area contributed by atoms with Crippen molar-refractivity contribution in [1.29, 1.82) is 0 Å². The molecule has 2 heterocycles. The van der Waals surface area contributed by atoms with Crippen molar-refractivity contribution in [3.05, 3.63) is 29.8 Å². The summed E-state index contributed by atoms with van der Waals surface area (Å²) >= 11 is 0. The van der Waals surface area contributed by atoms with Crippen LogP contribution in [0.3, 0.4) is 0 Å². The molecule has 2 aliphatic heterocycles. The number of rotatable bonds is 4. The molecule has 1 fully saturated rings. The summed E-state index contributed by atoms with van der Waals surface area (Å²) in [5.41, 5.74) is 1.16. The highest BCUT2D eigenvalue weighted by molar-refractivity contribution is 7.87. The Labute approximate surface area is 139 Å². The number of hydrogen-bond donors (Lipinski definition) is 1. The first-order chi connectivity index (χ1) is 10.9. The molecule has 6 heteroatoms. The second-order valence-electron chi connectivity index (χ2n) is 7.11. The molecule has 1 saturated heterocycles. The van der Waals surface area contributed by atoms with E-state index in [2.05, 4.69) is 18.6 Å². The average molecular weight is 338 g/mol. The third-order valence-electron chi connectivity index (χ3n) is 4.69. The maximum atomic E-state index is 12.5. The number of nitrogens with one attached hydrogen (secondary N) is 1. The topological polar surface area (TPSA) is 58.6 Å². The second kappa shape index (κ2) is 6.79. The van der Waals surface area contributed by atoms with E-state index in [1.165, 1.54) is 0 Å². The molecule has 3 atom stereocenters. The fourth-order valence-corrected chi connectivity index (χ4v) is 5.17. The van der Waals surface area contributed by atoms with Gasteiger partial charge in [-0.05, 0) is 36.3 Å². The van der Waals surface area contributed by atoms with Crippen LogP contribution in [0, 0.1) is 17.8 Å². The van der Waals surface area contributed by atoms with Gasteiger partial charge in [0.25, 0.3) is 10.2 Å². The molecule has 0 spiro atoms. The van der Waals surface area contributed by atoms with Crippen LogP contribution in [0.5, 0.6) is 5.75 Å². The Morgan fingerprint density at radius 3 is 2.65 bits per heavy atom. The SMILES string of the molecule is CC1CC(C)CN(S(=O)(=O)NCC2COc3ccccc3C2)C1. The summed E-state index contributed by atoms with van der Waals surface area (Å²) < 4.78 is 35.2. The number of fused-ring (bicyclic) bond motifs is 1. The predicted octanol–water partition coefficient (Wildman–Crippen LogP) is 2.05. The standard InChI is InChI=1S/C17H26N2O3S/c1-13-7-14(2)11-19(10-13)23(20,21)18-9-15-8-16-5-3-4-6-17(16)22-12-15/h3-6,13-15,18H,7-12H2,1-2H3. The van der Waals surface area contributed by atoms with Gasteiger partial charge in [-0.25, -0.2) is 4.72 Å². The largest absolute Gasteiger partial charge is 0.493 e. The van der Waals surface area contributed by atoms with E-state index >= 15 is 0 Å². The number of benzene rings is 1. The lowest BCUT2D eigenvalue weighted by Gasteiger charge is -2.34. The summed E-state index contributed by atoms with van der Waals surface area (Å²) in [5.74, 6) is 1.94. The molecule has 0 radical (unpaired) electrons. The van der Waals surface area contributed by atoms with Crippen LogP contribution >= 0.6 is 0 Å². The van der Waals surface area contributed by atoms with Gasteiger partial charge < -0.3 is 4.74 Å². The normalized spacial score (nSPS) is 28.9. The zero-order valence-electron chi connectivity index (χ0n) is 13.9. The average Bonchev–Trinajstić information content (AvgIpc) is 2.52. The van der Waals surface area contributed by atoms with Crippen molar-refractivity contribution < 1.29 is 13.2 Å². The van der Waals surface area contributed by atoms with E-state index in [1.54, 1.807) is 4.31 Å². The molecule has 128 valence electrons. The van der Waals surface area contributed by atoms with E-state index < -0.39 is 10.2 Å². The van der Waals surface area contributed by atoms with Gasteiger partial charge in [0, 0.05) is 25.6 Å². The minimum Gasteiger partial charge on any atom is -0.493 e. The van der Waals surface area contributed by atoms with Crippen LogP contribution in [0.25, 0.3) is 0 Å². The van der Waals surface area contributed by atoms with E-state index in [0.29, 0.717) is 38.1 Å². The number of para-hydroxylation sites is 1. The van der Waals surface area contributed by atoms with Gasteiger partial charge in [-0.1, -0.05) is 32.0 Å². The summed E-state index contributed by atoms with van der Waals surface area (Å²) in [6, 6.07) is 7.96. The van der Waals surface area contributed by atoms with Crippen molar-refractivity contribution in [2.24, 2.45) is 17.8 Å². The fraction of sp³-hybridized carbons (Fsp3) is 0.647. The summed E-state index contributed by atoms with van der Waals surface area (Å²) in [6.07, 6.45) is 1.95. The van der Waals surface area contributed by atoms with Gasteiger partial charge >= 0.3 is 0 Å². The van der Waals surface area contributed by atoms with E-state index in [1.807, 2.05) is 24.3 Å². The van der Waals surface area contributed by atoms with Gasteiger partial charge in [0.15, 0.2) is 0 Å². The van der Waals surface area contributed by atoms with Gasteiger partial charge in [0.2, 0.25) is 0 Å². The Bertz CT molecular complexity index is 637. The quantitative estimate of drug-likeness (QED) is 0.914. The Kier molecular flexibility index (Phi) is 4.94. The van der Waals surface area contributed by atoms with Gasteiger partial charge in [0.05, 0.1) is 6.61 Å². The Morgan fingerprint density at radius 1 is 1.22 bits per heavy atom. The van der Waals surface area contributed by atoms with Crippen molar-refractivity contribution in [3.63, 3.8) is 0 Å². The summed E-state index contributed by atoms with van der Waals surface area (Å²) in [6.45, 7) is 6.45. The van der Waals surface area contributed by atoms with Crippen LogP contribution < -0.4 is 9.46 Å². The van der Waals surface area contributed by atoms with Crippen molar-refractivity contribution in [2.75, 3.05) is 26.2 Å². The summed E-state index contributed by atoms with van der Waals surface area (Å²) in [4.78, 5) is 0. The molecule has 3 rings (SSSR count). The van der Waals surface area contributed by atoms with Crippen molar-refractivity contribution in [1.82, 2.24) is 9.03 Å². The highest BCUT2D eigenvalue weighted by atomic mass is 32.2. The zero-order chi connectivity index (χ0) is 16.4. The van der Waals surface area contributed by atoms with Gasteiger partial charge in [-0.2, -0.15) is 12.7 Å². The number of piperidine rings is 1. The van der Waals surface area contributed by atoms with Gasteiger partial charge in [-0.15, -0.1) is 0 Å². The number of ether oxygens (including phenoxy) is 1. The number of nitrogens with zero attached hydrogens (tertiary/aromatic N) is 1. The van der Waals surface area contributed by atoms with Crippen molar-refractivity contribution >= 4 is 10.2 Å². The molecule has 1 N–H and O–H groups in total. The van der Waals surface area contributed by atoms with Crippen LogP contribution in [-0.2, 0) is 16.6 Å². The highest BCUT2D eigenvalue weighted by Gasteiger charge is 2.31.